The molecule has 0 atom stereocenters. The fraction of sp³-hybridized carbons (Fsp3) is 0.333. The fourth-order valence-corrected chi connectivity index (χ4v) is 3.64. The normalized spacial score (nSPS) is 13.8. The molecule has 1 aliphatic rings. The van der Waals surface area contributed by atoms with Crippen LogP contribution in [0, 0.1) is 12.7 Å². The molecule has 1 aromatic carbocycles. The topological polar surface area (TPSA) is 61.4 Å². The summed E-state index contributed by atoms with van der Waals surface area (Å²) in [6.07, 6.45) is 2.11. The Kier molecular flexibility index (Phi) is 5.33. The SMILES string of the molecule is Cc1ccc(CNC(=O)C(=O)Nc2ccc(N3CCCC3)c(F)c2)s1. The first-order valence-corrected chi connectivity index (χ1v) is 9.03. The maximum Gasteiger partial charge on any atom is 0.313 e. The third-order valence-corrected chi connectivity index (χ3v) is 5.08. The van der Waals surface area contributed by atoms with E-state index in [0.29, 0.717) is 12.2 Å². The molecule has 0 saturated carbocycles. The number of rotatable bonds is 4. The Morgan fingerprint density at radius 1 is 1.16 bits per heavy atom. The Morgan fingerprint density at radius 3 is 2.56 bits per heavy atom. The summed E-state index contributed by atoms with van der Waals surface area (Å²) in [4.78, 5) is 27.9. The van der Waals surface area contributed by atoms with Crippen molar-refractivity contribution in [3.8, 4) is 0 Å². The molecule has 0 radical (unpaired) electrons. The maximum atomic E-state index is 14.2. The van der Waals surface area contributed by atoms with Crippen LogP contribution in [0.2, 0.25) is 0 Å². The second-order valence-electron chi connectivity index (χ2n) is 6.01. The predicted octanol–water partition coefficient (Wildman–Crippen LogP) is 3.05. The number of hydrogen-bond donors (Lipinski definition) is 2. The highest BCUT2D eigenvalue weighted by Gasteiger charge is 2.18. The van der Waals surface area contributed by atoms with E-state index in [0.717, 1.165) is 35.7 Å². The molecular weight excluding hydrogens is 341 g/mol. The summed E-state index contributed by atoms with van der Waals surface area (Å²) < 4.78 is 14.2. The van der Waals surface area contributed by atoms with Crippen molar-refractivity contribution in [1.82, 2.24) is 5.32 Å². The molecule has 2 amide bonds. The third kappa shape index (κ3) is 4.36. The molecule has 2 N–H and O–H groups in total. The van der Waals surface area contributed by atoms with Gasteiger partial charge in [-0.3, -0.25) is 9.59 Å². The molecule has 2 heterocycles. The molecule has 1 aliphatic heterocycles. The molecule has 2 aromatic rings. The zero-order valence-electron chi connectivity index (χ0n) is 14.0. The van der Waals surface area contributed by atoms with Crippen LogP contribution in [-0.4, -0.2) is 24.9 Å². The number of amides is 2. The van der Waals surface area contributed by atoms with Crippen LogP contribution in [0.3, 0.4) is 0 Å². The van der Waals surface area contributed by atoms with Crippen molar-refractivity contribution in [2.45, 2.75) is 26.3 Å². The fourth-order valence-electron chi connectivity index (χ4n) is 2.81. The van der Waals surface area contributed by atoms with Gasteiger partial charge in [0.15, 0.2) is 0 Å². The first-order chi connectivity index (χ1) is 12.0. The minimum atomic E-state index is -0.804. The van der Waals surface area contributed by atoms with Gasteiger partial charge < -0.3 is 15.5 Å². The molecular formula is C18H20FN3O2S. The van der Waals surface area contributed by atoms with E-state index in [9.17, 15) is 14.0 Å². The zero-order valence-corrected chi connectivity index (χ0v) is 14.8. The summed E-state index contributed by atoms with van der Waals surface area (Å²) in [5.74, 6) is -1.94. The van der Waals surface area contributed by atoms with Crippen LogP contribution in [-0.2, 0) is 16.1 Å². The van der Waals surface area contributed by atoms with Gasteiger partial charge in [0.25, 0.3) is 0 Å². The number of halogens is 1. The highest BCUT2D eigenvalue weighted by atomic mass is 32.1. The summed E-state index contributed by atoms with van der Waals surface area (Å²) in [5.41, 5.74) is 0.806. The van der Waals surface area contributed by atoms with Crippen LogP contribution in [0.25, 0.3) is 0 Å². The van der Waals surface area contributed by atoms with Crippen molar-refractivity contribution >= 4 is 34.5 Å². The van der Waals surface area contributed by atoms with E-state index in [-0.39, 0.29) is 5.69 Å². The van der Waals surface area contributed by atoms with Crippen LogP contribution in [0.1, 0.15) is 22.6 Å². The lowest BCUT2D eigenvalue weighted by Crippen LogP contribution is -2.34. The number of aryl methyl sites for hydroxylation is 1. The summed E-state index contributed by atoms with van der Waals surface area (Å²) in [7, 11) is 0. The largest absolute Gasteiger partial charge is 0.369 e. The van der Waals surface area contributed by atoms with Gasteiger partial charge in [-0.1, -0.05) is 0 Å². The minimum Gasteiger partial charge on any atom is -0.369 e. The summed E-state index contributed by atoms with van der Waals surface area (Å²) in [6, 6.07) is 8.37. The van der Waals surface area contributed by atoms with Gasteiger partial charge in [0.05, 0.1) is 12.2 Å². The van der Waals surface area contributed by atoms with E-state index in [4.69, 9.17) is 0 Å². The summed E-state index contributed by atoms with van der Waals surface area (Å²) in [6.45, 7) is 3.95. The van der Waals surface area contributed by atoms with Crippen molar-refractivity contribution in [2.75, 3.05) is 23.3 Å². The van der Waals surface area contributed by atoms with Crippen LogP contribution in [0.15, 0.2) is 30.3 Å². The van der Waals surface area contributed by atoms with Gasteiger partial charge in [-0.05, 0) is 50.1 Å². The zero-order chi connectivity index (χ0) is 17.8. The highest BCUT2D eigenvalue weighted by Crippen LogP contribution is 2.26. The van der Waals surface area contributed by atoms with Gasteiger partial charge in [-0.25, -0.2) is 4.39 Å². The highest BCUT2D eigenvalue weighted by molar-refractivity contribution is 7.11. The standard InChI is InChI=1S/C18H20FN3O2S/c1-12-4-6-14(25-12)11-20-17(23)18(24)21-13-5-7-16(15(19)10-13)22-8-2-3-9-22/h4-7,10H,2-3,8-9,11H2,1H3,(H,20,23)(H,21,24). The molecule has 0 spiro atoms. The number of anilines is 2. The molecule has 1 fully saturated rings. The van der Waals surface area contributed by atoms with Crippen molar-refractivity contribution in [2.24, 2.45) is 0 Å². The van der Waals surface area contributed by atoms with Gasteiger partial charge in [0.1, 0.15) is 5.82 Å². The van der Waals surface area contributed by atoms with Gasteiger partial charge in [-0.2, -0.15) is 0 Å². The Morgan fingerprint density at radius 2 is 1.92 bits per heavy atom. The maximum absolute atomic E-state index is 14.2. The monoisotopic (exact) mass is 361 g/mol. The first kappa shape index (κ1) is 17.4. The lowest BCUT2D eigenvalue weighted by molar-refractivity contribution is -0.136. The number of carbonyl (C=O) groups excluding carboxylic acids is 2. The number of thiophene rings is 1. The van der Waals surface area contributed by atoms with E-state index < -0.39 is 17.6 Å². The molecule has 0 bridgehead atoms. The number of nitrogens with one attached hydrogen (secondary N) is 2. The Balaban J connectivity index is 1.56. The number of benzene rings is 1. The van der Waals surface area contributed by atoms with Gasteiger partial charge in [0, 0.05) is 28.5 Å². The van der Waals surface area contributed by atoms with E-state index >= 15 is 0 Å². The van der Waals surface area contributed by atoms with Crippen LogP contribution >= 0.6 is 11.3 Å². The third-order valence-electron chi connectivity index (χ3n) is 4.08. The van der Waals surface area contributed by atoms with Crippen LogP contribution < -0.4 is 15.5 Å². The summed E-state index contributed by atoms with van der Waals surface area (Å²) >= 11 is 1.56. The molecule has 3 rings (SSSR count). The molecule has 1 saturated heterocycles. The van der Waals surface area contributed by atoms with Crippen molar-refractivity contribution < 1.29 is 14.0 Å². The summed E-state index contributed by atoms with van der Waals surface area (Å²) in [5, 5.41) is 5.00. The predicted molar refractivity (Wildman–Crippen MR) is 97.4 cm³/mol. The molecule has 25 heavy (non-hydrogen) atoms. The van der Waals surface area contributed by atoms with Crippen molar-refractivity contribution in [1.29, 1.82) is 0 Å². The van der Waals surface area contributed by atoms with Crippen molar-refractivity contribution in [3.63, 3.8) is 0 Å². The molecule has 0 unspecified atom stereocenters. The van der Waals surface area contributed by atoms with Crippen LogP contribution in [0.5, 0.6) is 0 Å². The number of carbonyl (C=O) groups is 2. The van der Waals surface area contributed by atoms with Gasteiger partial charge in [0.2, 0.25) is 0 Å². The molecule has 7 heteroatoms. The Hall–Kier alpha value is -2.41. The van der Waals surface area contributed by atoms with Crippen molar-refractivity contribution in [3.05, 3.63) is 45.9 Å². The van der Waals surface area contributed by atoms with Crippen LogP contribution in [0.4, 0.5) is 15.8 Å². The molecule has 1 aromatic heterocycles. The van der Waals surface area contributed by atoms with Gasteiger partial charge >= 0.3 is 11.8 Å². The minimum absolute atomic E-state index is 0.271. The molecule has 5 nitrogen and oxygen atoms in total. The average Bonchev–Trinajstić information content (AvgIpc) is 3.24. The second-order valence-corrected chi connectivity index (χ2v) is 7.38. The lowest BCUT2D eigenvalue weighted by atomic mass is 10.2. The lowest BCUT2D eigenvalue weighted by Gasteiger charge is -2.18. The quantitative estimate of drug-likeness (QED) is 0.823. The number of hydrogen-bond acceptors (Lipinski definition) is 4. The Bertz CT molecular complexity index is 784. The molecule has 0 aliphatic carbocycles. The first-order valence-electron chi connectivity index (χ1n) is 8.22. The second kappa shape index (κ2) is 7.65. The average molecular weight is 361 g/mol. The smallest absolute Gasteiger partial charge is 0.313 e. The molecule has 132 valence electrons. The van der Waals surface area contributed by atoms with E-state index in [1.807, 2.05) is 24.0 Å². The number of nitrogens with zero attached hydrogens (tertiary/aromatic N) is 1. The van der Waals surface area contributed by atoms with Gasteiger partial charge in [-0.15, -0.1) is 11.3 Å². The van der Waals surface area contributed by atoms with E-state index in [1.165, 1.54) is 6.07 Å². The van der Waals surface area contributed by atoms with E-state index in [1.54, 1.807) is 23.5 Å². The Labute approximate surface area is 149 Å². The van der Waals surface area contributed by atoms with E-state index in [2.05, 4.69) is 10.6 Å².